The molecule has 3 nitrogen and oxygen atoms in total. The molecule has 20 heavy (non-hydrogen) atoms. The Labute approximate surface area is 120 Å². The van der Waals surface area contributed by atoms with Crippen molar-refractivity contribution in [1.82, 2.24) is 4.98 Å². The lowest BCUT2D eigenvalue weighted by atomic mass is 9.87. The molecule has 0 aliphatic carbocycles. The minimum absolute atomic E-state index is 0.138. The molecule has 3 heteroatoms. The van der Waals surface area contributed by atoms with Gasteiger partial charge in [0.2, 0.25) is 0 Å². The van der Waals surface area contributed by atoms with Crippen LogP contribution in [0.15, 0.2) is 42.6 Å². The van der Waals surface area contributed by atoms with E-state index >= 15 is 0 Å². The van der Waals surface area contributed by atoms with Crippen molar-refractivity contribution >= 4 is 0 Å². The molecule has 1 aromatic heterocycles. The van der Waals surface area contributed by atoms with Crippen molar-refractivity contribution < 1.29 is 9.84 Å². The van der Waals surface area contributed by atoms with Gasteiger partial charge in [0.15, 0.2) is 0 Å². The zero-order valence-corrected chi connectivity index (χ0v) is 12.4. The Kier molecular flexibility index (Phi) is 4.09. The second kappa shape index (κ2) is 5.63. The van der Waals surface area contributed by atoms with Crippen molar-refractivity contribution in [3.05, 3.63) is 53.9 Å². The van der Waals surface area contributed by atoms with E-state index in [1.807, 2.05) is 18.2 Å². The third-order valence-electron chi connectivity index (χ3n) is 3.14. The molecular weight excluding hydrogens is 250 g/mol. The first-order chi connectivity index (χ1) is 9.36. The summed E-state index contributed by atoms with van der Waals surface area (Å²) in [6.45, 7) is 8.23. The summed E-state index contributed by atoms with van der Waals surface area (Å²) in [6.07, 6.45) is 1.06. The van der Waals surface area contributed by atoms with Crippen LogP contribution in [-0.4, -0.2) is 10.1 Å². The fourth-order valence-electron chi connectivity index (χ4n) is 1.86. The maximum atomic E-state index is 9.41. The molecule has 1 atom stereocenters. The summed E-state index contributed by atoms with van der Waals surface area (Å²) >= 11 is 0. The largest absolute Gasteiger partial charge is 0.456 e. The number of aliphatic hydroxyl groups is 1. The van der Waals surface area contributed by atoms with Crippen molar-refractivity contribution in [1.29, 1.82) is 0 Å². The minimum atomic E-state index is -0.560. The normalized spacial score (nSPS) is 13.1. The molecule has 0 saturated heterocycles. The average molecular weight is 271 g/mol. The molecule has 0 aliphatic rings. The second-order valence-corrected chi connectivity index (χ2v) is 5.97. The zero-order chi connectivity index (χ0) is 14.8. The van der Waals surface area contributed by atoms with Gasteiger partial charge in [-0.25, -0.2) is 0 Å². The highest BCUT2D eigenvalue weighted by molar-refractivity contribution is 5.34. The van der Waals surface area contributed by atoms with Gasteiger partial charge in [-0.3, -0.25) is 4.98 Å². The summed E-state index contributed by atoms with van der Waals surface area (Å²) < 4.78 is 5.74. The summed E-state index contributed by atoms with van der Waals surface area (Å²) in [5.74, 6) is 1.45. The number of aliphatic hydroxyl groups excluding tert-OH is 1. The van der Waals surface area contributed by atoms with Crippen molar-refractivity contribution in [2.75, 3.05) is 0 Å². The topological polar surface area (TPSA) is 42.4 Å². The van der Waals surface area contributed by atoms with Gasteiger partial charge in [-0.15, -0.1) is 0 Å². The molecule has 1 N–H and O–H groups in total. The van der Waals surface area contributed by atoms with E-state index in [0.29, 0.717) is 11.4 Å². The van der Waals surface area contributed by atoms with Crippen molar-refractivity contribution in [3.63, 3.8) is 0 Å². The van der Waals surface area contributed by atoms with Gasteiger partial charge in [-0.05, 0) is 42.2 Å². The average Bonchev–Trinajstić information content (AvgIpc) is 2.39. The number of hydrogen-bond donors (Lipinski definition) is 1. The molecule has 0 radical (unpaired) electrons. The number of nitrogens with zero attached hydrogens (tertiary/aromatic N) is 1. The lowest BCUT2D eigenvalue weighted by molar-refractivity contribution is 0.194. The molecule has 106 valence electrons. The second-order valence-electron chi connectivity index (χ2n) is 5.97. The summed E-state index contributed by atoms with van der Waals surface area (Å²) in [6, 6.07) is 11.7. The van der Waals surface area contributed by atoms with Crippen LogP contribution in [0, 0.1) is 0 Å². The van der Waals surface area contributed by atoms with Gasteiger partial charge in [0.1, 0.15) is 11.5 Å². The molecule has 0 aliphatic heterocycles. The number of rotatable bonds is 3. The van der Waals surface area contributed by atoms with Crippen molar-refractivity contribution in [2.24, 2.45) is 0 Å². The molecule has 0 fully saturated rings. The van der Waals surface area contributed by atoms with E-state index in [4.69, 9.17) is 4.74 Å². The van der Waals surface area contributed by atoms with Crippen LogP contribution in [0.1, 0.15) is 45.1 Å². The Hall–Kier alpha value is -1.87. The van der Waals surface area contributed by atoms with Crippen molar-refractivity contribution in [2.45, 2.75) is 39.2 Å². The van der Waals surface area contributed by atoms with Crippen LogP contribution in [0.25, 0.3) is 0 Å². The van der Waals surface area contributed by atoms with Gasteiger partial charge < -0.3 is 9.84 Å². The van der Waals surface area contributed by atoms with Gasteiger partial charge in [-0.1, -0.05) is 32.9 Å². The van der Waals surface area contributed by atoms with E-state index in [1.165, 1.54) is 5.56 Å². The van der Waals surface area contributed by atoms with E-state index in [-0.39, 0.29) is 5.41 Å². The van der Waals surface area contributed by atoms with Gasteiger partial charge >= 0.3 is 0 Å². The van der Waals surface area contributed by atoms with Gasteiger partial charge in [-0.2, -0.15) is 0 Å². The van der Waals surface area contributed by atoms with Crippen molar-refractivity contribution in [3.8, 4) is 11.5 Å². The predicted molar refractivity (Wildman–Crippen MR) is 80.1 cm³/mol. The van der Waals surface area contributed by atoms with E-state index in [0.717, 1.165) is 5.75 Å². The summed E-state index contributed by atoms with van der Waals surface area (Å²) in [5.41, 5.74) is 2.05. The Bertz CT molecular complexity index is 551. The van der Waals surface area contributed by atoms with Gasteiger partial charge in [0.05, 0.1) is 18.0 Å². The van der Waals surface area contributed by atoms with Crippen LogP contribution in [0.5, 0.6) is 11.5 Å². The monoisotopic (exact) mass is 271 g/mol. The Morgan fingerprint density at radius 1 is 1.00 bits per heavy atom. The van der Waals surface area contributed by atoms with E-state index in [9.17, 15) is 5.11 Å². The maximum absolute atomic E-state index is 9.41. The first kappa shape index (κ1) is 14.5. The molecule has 0 amide bonds. The van der Waals surface area contributed by atoms with Crippen LogP contribution < -0.4 is 4.74 Å². The molecule has 2 aromatic rings. The molecule has 1 aromatic carbocycles. The smallest absolute Gasteiger partial charge is 0.145 e. The maximum Gasteiger partial charge on any atom is 0.145 e. The highest BCUT2D eigenvalue weighted by Gasteiger charge is 2.13. The van der Waals surface area contributed by atoms with E-state index in [2.05, 4.69) is 37.9 Å². The van der Waals surface area contributed by atoms with Crippen LogP contribution in [0.3, 0.4) is 0 Å². The Balaban J connectivity index is 2.10. The summed E-state index contributed by atoms with van der Waals surface area (Å²) in [4.78, 5) is 4.16. The number of aromatic nitrogens is 1. The van der Waals surface area contributed by atoms with Crippen LogP contribution in [0.2, 0.25) is 0 Å². The molecule has 0 unspecified atom stereocenters. The number of benzene rings is 1. The number of hydrogen-bond acceptors (Lipinski definition) is 3. The Morgan fingerprint density at radius 2 is 1.60 bits per heavy atom. The van der Waals surface area contributed by atoms with Crippen LogP contribution in [-0.2, 0) is 5.41 Å². The lowest BCUT2D eigenvalue weighted by Gasteiger charge is -2.19. The standard InChI is InChI=1S/C17H21NO2/c1-12(19)16-10-9-15(11-18-16)20-14-7-5-13(6-8-14)17(2,3)4/h5-12,19H,1-4H3/t12-/m1/s1. The van der Waals surface area contributed by atoms with E-state index in [1.54, 1.807) is 19.2 Å². The summed E-state index contributed by atoms with van der Waals surface area (Å²) in [7, 11) is 0. The SMILES string of the molecule is C[C@@H](O)c1ccc(Oc2ccc(C(C)(C)C)cc2)cn1. The predicted octanol–water partition coefficient (Wildman–Crippen LogP) is 4.22. The lowest BCUT2D eigenvalue weighted by Crippen LogP contribution is -2.10. The fourth-order valence-corrected chi connectivity index (χ4v) is 1.86. The number of pyridine rings is 1. The molecule has 1 heterocycles. The highest BCUT2D eigenvalue weighted by atomic mass is 16.5. The first-order valence-corrected chi connectivity index (χ1v) is 6.79. The molecular formula is C17H21NO2. The minimum Gasteiger partial charge on any atom is -0.456 e. The van der Waals surface area contributed by atoms with Gasteiger partial charge in [0, 0.05) is 0 Å². The quantitative estimate of drug-likeness (QED) is 0.908. The van der Waals surface area contributed by atoms with Crippen LogP contribution >= 0.6 is 0 Å². The van der Waals surface area contributed by atoms with Crippen LogP contribution in [0.4, 0.5) is 0 Å². The highest BCUT2D eigenvalue weighted by Crippen LogP contribution is 2.27. The fraction of sp³-hybridized carbons (Fsp3) is 0.353. The first-order valence-electron chi connectivity index (χ1n) is 6.79. The zero-order valence-electron chi connectivity index (χ0n) is 12.4. The van der Waals surface area contributed by atoms with Gasteiger partial charge in [0.25, 0.3) is 0 Å². The van der Waals surface area contributed by atoms with E-state index < -0.39 is 6.10 Å². The third-order valence-corrected chi connectivity index (χ3v) is 3.14. The molecule has 0 saturated carbocycles. The third kappa shape index (κ3) is 3.58. The summed E-state index contributed by atoms with van der Waals surface area (Å²) in [5, 5.41) is 9.41. The molecule has 2 rings (SSSR count). The molecule has 0 spiro atoms. The molecule has 0 bridgehead atoms. The Morgan fingerprint density at radius 3 is 2.05 bits per heavy atom. The number of ether oxygens (including phenoxy) is 1.